The smallest absolute Gasteiger partial charge is 0.150 e. The van der Waals surface area contributed by atoms with Gasteiger partial charge in [-0.2, -0.15) is 0 Å². The monoisotopic (exact) mass is 240 g/mol. The summed E-state index contributed by atoms with van der Waals surface area (Å²) >= 11 is 5.77. The third-order valence-electron chi connectivity index (χ3n) is 2.11. The quantitative estimate of drug-likeness (QED) is 0.893. The van der Waals surface area contributed by atoms with Crippen LogP contribution in [0.2, 0.25) is 5.02 Å². The van der Waals surface area contributed by atoms with Crippen molar-refractivity contribution in [3.05, 3.63) is 52.6 Å². The number of benzene rings is 1. The molecule has 0 unspecified atom stereocenters. The summed E-state index contributed by atoms with van der Waals surface area (Å²) in [4.78, 5) is 0. The van der Waals surface area contributed by atoms with Crippen molar-refractivity contribution >= 4 is 11.6 Å². The van der Waals surface area contributed by atoms with E-state index in [4.69, 9.17) is 16.1 Å². The summed E-state index contributed by atoms with van der Waals surface area (Å²) in [5, 5.41) is 7.13. The molecule has 3 nitrogen and oxygen atoms in total. The second-order valence-electron chi connectivity index (χ2n) is 3.32. The molecule has 2 rings (SSSR count). The third kappa shape index (κ3) is 2.81. The molecule has 1 aromatic heterocycles. The van der Waals surface area contributed by atoms with Crippen LogP contribution >= 0.6 is 11.6 Å². The molecule has 5 heteroatoms. The highest BCUT2D eigenvalue weighted by Gasteiger charge is 2.03. The summed E-state index contributed by atoms with van der Waals surface area (Å²) in [5.74, 6) is 0.442. The van der Waals surface area contributed by atoms with Crippen LogP contribution in [-0.4, -0.2) is 5.16 Å². The predicted octanol–water partition coefficient (Wildman–Crippen LogP) is 2.76. The van der Waals surface area contributed by atoms with Gasteiger partial charge in [-0.25, -0.2) is 4.39 Å². The second kappa shape index (κ2) is 5.09. The van der Waals surface area contributed by atoms with Crippen LogP contribution < -0.4 is 5.32 Å². The van der Waals surface area contributed by atoms with Crippen LogP contribution in [0.1, 0.15) is 11.3 Å². The predicted molar refractivity (Wildman–Crippen MR) is 58.5 cm³/mol. The first-order valence-electron chi connectivity index (χ1n) is 4.80. The van der Waals surface area contributed by atoms with Gasteiger partial charge in [0.25, 0.3) is 0 Å². The van der Waals surface area contributed by atoms with Crippen molar-refractivity contribution in [3.8, 4) is 0 Å². The van der Waals surface area contributed by atoms with E-state index < -0.39 is 0 Å². The molecule has 16 heavy (non-hydrogen) atoms. The second-order valence-corrected chi connectivity index (χ2v) is 3.75. The Bertz CT molecular complexity index is 459. The van der Waals surface area contributed by atoms with Crippen molar-refractivity contribution in [1.29, 1.82) is 0 Å². The molecule has 0 aliphatic heterocycles. The largest absolute Gasteiger partial charge is 0.360 e. The van der Waals surface area contributed by atoms with E-state index in [-0.39, 0.29) is 5.82 Å². The molecule has 84 valence electrons. The standard InChI is InChI=1S/C11H10ClFN2O/c12-9-1-2-11(13)8(5-9)6-14-7-10-3-4-15-16-10/h1-5,14H,6-7H2. The Morgan fingerprint density at radius 2 is 2.19 bits per heavy atom. The molecule has 2 aromatic rings. The van der Waals surface area contributed by atoms with E-state index >= 15 is 0 Å². The molecule has 0 aliphatic rings. The lowest BCUT2D eigenvalue weighted by atomic mass is 10.2. The van der Waals surface area contributed by atoms with Gasteiger partial charge in [-0.3, -0.25) is 0 Å². The zero-order valence-corrected chi connectivity index (χ0v) is 9.17. The van der Waals surface area contributed by atoms with Crippen molar-refractivity contribution in [2.45, 2.75) is 13.1 Å². The van der Waals surface area contributed by atoms with Crippen molar-refractivity contribution in [1.82, 2.24) is 10.5 Å². The highest BCUT2D eigenvalue weighted by Crippen LogP contribution is 2.14. The van der Waals surface area contributed by atoms with Gasteiger partial charge < -0.3 is 9.84 Å². The summed E-state index contributed by atoms with van der Waals surface area (Å²) < 4.78 is 18.2. The first-order chi connectivity index (χ1) is 7.75. The Balaban J connectivity index is 1.92. The van der Waals surface area contributed by atoms with Crippen LogP contribution in [0.3, 0.4) is 0 Å². The van der Waals surface area contributed by atoms with Crippen molar-refractivity contribution < 1.29 is 8.91 Å². The normalized spacial score (nSPS) is 10.6. The van der Waals surface area contributed by atoms with E-state index in [9.17, 15) is 4.39 Å². The van der Waals surface area contributed by atoms with Gasteiger partial charge in [0.2, 0.25) is 0 Å². The van der Waals surface area contributed by atoms with Crippen molar-refractivity contribution in [2.24, 2.45) is 0 Å². The topological polar surface area (TPSA) is 38.1 Å². The van der Waals surface area contributed by atoms with Crippen LogP contribution in [0, 0.1) is 5.82 Å². The zero-order valence-electron chi connectivity index (χ0n) is 8.41. The molecule has 0 atom stereocenters. The van der Waals surface area contributed by atoms with Crippen molar-refractivity contribution in [3.63, 3.8) is 0 Å². The van der Waals surface area contributed by atoms with E-state index in [0.717, 1.165) is 0 Å². The highest BCUT2D eigenvalue weighted by atomic mass is 35.5. The number of nitrogens with zero attached hydrogens (tertiary/aromatic N) is 1. The summed E-state index contributed by atoms with van der Waals surface area (Å²) in [7, 11) is 0. The lowest BCUT2D eigenvalue weighted by Gasteiger charge is -2.04. The van der Waals surface area contributed by atoms with Gasteiger partial charge in [0, 0.05) is 23.2 Å². The summed E-state index contributed by atoms with van der Waals surface area (Å²) in [6.07, 6.45) is 1.57. The molecule has 0 amide bonds. The molecule has 0 radical (unpaired) electrons. The lowest BCUT2D eigenvalue weighted by molar-refractivity contribution is 0.372. The number of aromatic nitrogens is 1. The van der Waals surface area contributed by atoms with Crippen LogP contribution in [-0.2, 0) is 13.1 Å². The molecule has 0 spiro atoms. The maximum absolute atomic E-state index is 13.3. The Hall–Kier alpha value is -1.39. The summed E-state index contributed by atoms with van der Waals surface area (Å²) in [6.45, 7) is 0.902. The minimum absolute atomic E-state index is 0.269. The van der Waals surface area contributed by atoms with E-state index in [1.54, 1.807) is 18.3 Å². The number of nitrogens with one attached hydrogen (secondary N) is 1. The average Bonchev–Trinajstić information content (AvgIpc) is 2.76. The third-order valence-corrected chi connectivity index (χ3v) is 2.35. The average molecular weight is 241 g/mol. The minimum atomic E-state index is -0.269. The van der Waals surface area contributed by atoms with Crippen LogP contribution in [0.25, 0.3) is 0 Å². The summed E-state index contributed by atoms with van der Waals surface area (Å²) in [5.41, 5.74) is 0.534. The zero-order chi connectivity index (χ0) is 11.4. The van der Waals surface area contributed by atoms with E-state index in [2.05, 4.69) is 10.5 Å². The molecule has 0 saturated heterocycles. The Morgan fingerprint density at radius 1 is 1.31 bits per heavy atom. The maximum atomic E-state index is 13.3. The van der Waals surface area contributed by atoms with Gasteiger partial charge in [0.05, 0.1) is 12.7 Å². The van der Waals surface area contributed by atoms with E-state index in [0.29, 0.717) is 29.4 Å². The number of hydrogen-bond acceptors (Lipinski definition) is 3. The molecule has 0 aliphatic carbocycles. The SMILES string of the molecule is Fc1ccc(Cl)cc1CNCc1ccno1. The first kappa shape index (κ1) is 11.1. The van der Waals surface area contributed by atoms with Gasteiger partial charge in [-0.1, -0.05) is 16.8 Å². The fourth-order valence-corrected chi connectivity index (χ4v) is 1.53. The molecule has 0 bridgehead atoms. The molecule has 1 N–H and O–H groups in total. The Kier molecular flexibility index (Phi) is 3.54. The molecule has 1 aromatic carbocycles. The number of halogens is 2. The van der Waals surface area contributed by atoms with Crippen LogP contribution in [0.4, 0.5) is 4.39 Å². The van der Waals surface area contributed by atoms with Crippen molar-refractivity contribution in [2.75, 3.05) is 0 Å². The van der Waals surface area contributed by atoms with Gasteiger partial charge in [0.15, 0.2) is 0 Å². The van der Waals surface area contributed by atoms with Gasteiger partial charge in [0.1, 0.15) is 11.6 Å². The Labute approximate surface area is 97.2 Å². The van der Waals surface area contributed by atoms with E-state index in [1.807, 2.05) is 0 Å². The van der Waals surface area contributed by atoms with Gasteiger partial charge in [-0.05, 0) is 18.2 Å². The number of hydrogen-bond donors (Lipinski definition) is 1. The molecule has 0 fully saturated rings. The minimum Gasteiger partial charge on any atom is -0.360 e. The number of rotatable bonds is 4. The highest BCUT2D eigenvalue weighted by molar-refractivity contribution is 6.30. The molecule has 1 heterocycles. The van der Waals surface area contributed by atoms with Crippen LogP contribution in [0.15, 0.2) is 35.0 Å². The van der Waals surface area contributed by atoms with E-state index in [1.165, 1.54) is 12.1 Å². The molecular formula is C11H10ClFN2O. The Morgan fingerprint density at radius 3 is 2.94 bits per heavy atom. The molecule has 0 saturated carbocycles. The lowest BCUT2D eigenvalue weighted by Crippen LogP contribution is -2.13. The maximum Gasteiger partial charge on any atom is 0.150 e. The first-order valence-corrected chi connectivity index (χ1v) is 5.18. The van der Waals surface area contributed by atoms with Gasteiger partial charge >= 0.3 is 0 Å². The summed E-state index contributed by atoms with van der Waals surface area (Å²) in [6, 6.07) is 6.23. The fraction of sp³-hybridized carbons (Fsp3) is 0.182. The van der Waals surface area contributed by atoms with Gasteiger partial charge in [-0.15, -0.1) is 0 Å². The fourth-order valence-electron chi connectivity index (χ4n) is 1.33. The molecular weight excluding hydrogens is 231 g/mol. The van der Waals surface area contributed by atoms with Crippen LogP contribution in [0.5, 0.6) is 0 Å².